The van der Waals surface area contributed by atoms with Gasteiger partial charge in [-0.3, -0.25) is 4.79 Å². The van der Waals surface area contributed by atoms with Crippen LogP contribution < -0.4 is 15.4 Å². The molecule has 4 rings (SSSR count). The monoisotopic (exact) mass is 475 g/mol. The Labute approximate surface area is 196 Å². The lowest BCUT2D eigenvalue weighted by Crippen LogP contribution is -2.43. The highest BCUT2D eigenvalue weighted by atomic mass is 35.5. The Bertz CT molecular complexity index is 1100. The van der Waals surface area contributed by atoms with Crippen molar-refractivity contribution < 1.29 is 13.9 Å². The standard InChI is InChI=1S/C24H24Cl2FN3O2/c25-16-2-10-22-15(13-16)1-9-23(30-22)24(31)29-18-5-3-17(4-6-18)28-11-12-32-19-7-8-20(26)21(27)14-19/h1-2,7-10,13-14,17-18,28H,3-6,11-12H2,(H,29,31). The van der Waals surface area contributed by atoms with Crippen LogP contribution in [-0.4, -0.2) is 36.1 Å². The quantitative estimate of drug-likeness (QED) is 0.449. The van der Waals surface area contributed by atoms with E-state index < -0.39 is 5.82 Å². The number of amides is 1. The SMILES string of the molecule is O=C(NC1CCC(NCCOc2ccc(Cl)c(F)c2)CC1)c1ccc2cc(Cl)ccc2n1. The van der Waals surface area contributed by atoms with Gasteiger partial charge in [0.25, 0.3) is 5.91 Å². The summed E-state index contributed by atoms with van der Waals surface area (Å²) in [6, 6.07) is 13.9. The number of hydrogen-bond acceptors (Lipinski definition) is 4. The van der Waals surface area contributed by atoms with Gasteiger partial charge in [-0.25, -0.2) is 9.37 Å². The summed E-state index contributed by atoms with van der Waals surface area (Å²) >= 11 is 11.7. The van der Waals surface area contributed by atoms with E-state index in [2.05, 4.69) is 15.6 Å². The average Bonchev–Trinajstić information content (AvgIpc) is 2.79. The van der Waals surface area contributed by atoms with Gasteiger partial charge in [-0.1, -0.05) is 29.3 Å². The molecule has 0 bridgehead atoms. The fourth-order valence-electron chi connectivity index (χ4n) is 3.92. The molecule has 3 aromatic rings. The van der Waals surface area contributed by atoms with E-state index in [9.17, 15) is 9.18 Å². The van der Waals surface area contributed by atoms with Crippen molar-refractivity contribution in [2.24, 2.45) is 0 Å². The lowest BCUT2D eigenvalue weighted by atomic mass is 9.91. The zero-order chi connectivity index (χ0) is 22.5. The average molecular weight is 476 g/mol. The van der Waals surface area contributed by atoms with Crippen LogP contribution >= 0.6 is 23.2 Å². The molecule has 1 saturated carbocycles. The first-order valence-corrected chi connectivity index (χ1v) is 11.4. The molecule has 1 heterocycles. The Hall–Kier alpha value is -2.41. The number of rotatable bonds is 7. The number of halogens is 3. The van der Waals surface area contributed by atoms with Crippen LogP contribution in [0.2, 0.25) is 10.0 Å². The molecule has 0 radical (unpaired) electrons. The number of aromatic nitrogens is 1. The predicted molar refractivity (Wildman–Crippen MR) is 125 cm³/mol. The highest BCUT2D eigenvalue weighted by molar-refractivity contribution is 6.31. The van der Waals surface area contributed by atoms with Crippen molar-refractivity contribution in [3.63, 3.8) is 0 Å². The molecule has 1 aromatic heterocycles. The Morgan fingerprint density at radius 1 is 1.03 bits per heavy atom. The van der Waals surface area contributed by atoms with Crippen LogP contribution in [0.15, 0.2) is 48.5 Å². The molecule has 0 spiro atoms. The van der Waals surface area contributed by atoms with Crippen LogP contribution in [0, 0.1) is 5.82 Å². The zero-order valence-electron chi connectivity index (χ0n) is 17.4. The van der Waals surface area contributed by atoms with Crippen LogP contribution in [0.3, 0.4) is 0 Å². The maximum atomic E-state index is 13.4. The maximum absolute atomic E-state index is 13.4. The Morgan fingerprint density at radius 3 is 2.59 bits per heavy atom. The van der Waals surface area contributed by atoms with Gasteiger partial charge < -0.3 is 15.4 Å². The number of carbonyl (C=O) groups is 1. The molecule has 0 aliphatic heterocycles. The molecule has 1 aliphatic carbocycles. The number of carbonyl (C=O) groups excluding carboxylic acids is 1. The molecule has 2 N–H and O–H groups in total. The first kappa shape index (κ1) is 22.8. The number of hydrogen-bond donors (Lipinski definition) is 2. The molecular weight excluding hydrogens is 452 g/mol. The van der Waals surface area contributed by atoms with Crippen molar-refractivity contribution in [2.75, 3.05) is 13.2 Å². The minimum atomic E-state index is -0.485. The second-order valence-electron chi connectivity index (χ2n) is 7.93. The third-order valence-corrected chi connectivity index (χ3v) is 6.18. The molecule has 32 heavy (non-hydrogen) atoms. The van der Waals surface area contributed by atoms with Crippen molar-refractivity contribution >= 4 is 40.0 Å². The number of benzene rings is 2. The minimum Gasteiger partial charge on any atom is -0.492 e. The normalized spacial score (nSPS) is 18.5. The van der Waals surface area contributed by atoms with Gasteiger partial charge in [0.15, 0.2) is 0 Å². The van der Waals surface area contributed by atoms with Crippen molar-refractivity contribution in [3.8, 4) is 5.75 Å². The number of nitrogens with one attached hydrogen (secondary N) is 2. The van der Waals surface area contributed by atoms with E-state index in [1.807, 2.05) is 18.2 Å². The second kappa shape index (κ2) is 10.5. The molecular formula is C24H24Cl2FN3O2. The molecule has 0 unspecified atom stereocenters. The number of pyridine rings is 1. The minimum absolute atomic E-state index is 0.0839. The molecule has 168 valence electrons. The summed E-state index contributed by atoms with van der Waals surface area (Å²) in [6.07, 6.45) is 3.72. The molecule has 0 atom stereocenters. The van der Waals surface area contributed by atoms with Crippen LogP contribution in [-0.2, 0) is 0 Å². The lowest BCUT2D eigenvalue weighted by Gasteiger charge is -2.29. The van der Waals surface area contributed by atoms with Gasteiger partial charge >= 0.3 is 0 Å². The predicted octanol–water partition coefficient (Wildman–Crippen LogP) is 5.39. The molecule has 1 amide bonds. The number of ether oxygens (including phenoxy) is 1. The first-order valence-electron chi connectivity index (χ1n) is 10.7. The molecule has 8 heteroatoms. The van der Waals surface area contributed by atoms with Gasteiger partial charge in [-0.2, -0.15) is 0 Å². The van der Waals surface area contributed by atoms with Gasteiger partial charge in [0.05, 0.1) is 10.5 Å². The highest BCUT2D eigenvalue weighted by Gasteiger charge is 2.23. The van der Waals surface area contributed by atoms with E-state index in [1.54, 1.807) is 18.2 Å². The molecule has 1 aliphatic rings. The van der Waals surface area contributed by atoms with Crippen LogP contribution in [0.4, 0.5) is 4.39 Å². The van der Waals surface area contributed by atoms with E-state index in [-0.39, 0.29) is 17.0 Å². The smallest absolute Gasteiger partial charge is 0.270 e. The fourth-order valence-corrected chi connectivity index (χ4v) is 4.22. The summed E-state index contributed by atoms with van der Waals surface area (Å²) in [5.74, 6) is -0.173. The van der Waals surface area contributed by atoms with E-state index in [1.165, 1.54) is 12.1 Å². The first-order chi connectivity index (χ1) is 15.5. The van der Waals surface area contributed by atoms with Crippen molar-refractivity contribution in [1.29, 1.82) is 0 Å². The van der Waals surface area contributed by atoms with Gasteiger partial charge in [0, 0.05) is 35.1 Å². The Balaban J connectivity index is 1.19. The Morgan fingerprint density at radius 2 is 1.81 bits per heavy atom. The molecule has 0 saturated heterocycles. The largest absolute Gasteiger partial charge is 0.492 e. The summed E-state index contributed by atoms with van der Waals surface area (Å²) < 4.78 is 19.0. The summed E-state index contributed by atoms with van der Waals surface area (Å²) in [4.78, 5) is 17.1. The van der Waals surface area contributed by atoms with Crippen LogP contribution in [0.1, 0.15) is 36.2 Å². The van der Waals surface area contributed by atoms with E-state index >= 15 is 0 Å². The summed E-state index contributed by atoms with van der Waals surface area (Å²) in [5.41, 5.74) is 1.16. The number of fused-ring (bicyclic) bond motifs is 1. The highest BCUT2D eigenvalue weighted by Crippen LogP contribution is 2.22. The van der Waals surface area contributed by atoms with Gasteiger partial charge in [-0.15, -0.1) is 0 Å². The third-order valence-electron chi connectivity index (χ3n) is 5.64. The van der Waals surface area contributed by atoms with Crippen LogP contribution in [0.5, 0.6) is 5.75 Å². The third kappa shape index (κ3) is 5.88. The van der Waals surface area contributed by atoms with Gasteiger partial charge in [0.2, 0.25) is 0 Å². The summed E-state index contributed by atoms with van der Waals surface area (Å²) in [5, 5.41) is 8.21. The second-order valence-corrected chi connectivity index (χ2v) is 8.78. The summed E-state index contributed by atoms with van der Waals surface area (Å²) in [6.45, 7) is 1.10. The summed E-state index contributed by atoms with van der Waals surface area (Å²) in [7, 11) is 0. The van der Waals surface area contributed by atoms with Crippen molar-refractivity contribution in [1.82, 2.24) is 15.6 Å². The van der Waals surface area contributed by atoms with Gasteiger partial charge in [0.1, 0.15) is 23.9 Å². The molecule has 5 nitrogen and oxygen atoms in total. The molecule has 2 aromatic carbocycles. The van der Waals surface area contributed by atoms with Crippen molar-refractivity contribution in [2.45, 2.75) is 37.8 Å². The lowest BCUT2D eigenvalue weighted by molar-refractivity contribution is 0.0919. The fraction of sp³-hybridized carbons (Fsp3) is 0.333. The topological polar surface area (TPSA) is 63.2 Å². The van der Waals surface area contributed by atoms with E-state index in [0.717, 1.165) is 36.6 Å². The van der Waals surface area contributed by atoms with E-state index in [0.29, 0.717) is 35.7 Å². The molecule has 1 fully saturated rings. The number of nitrogens with zero attached hydrogens (tertiary/aromatic N) is 1. The van der Waals surface area contributed by atoms with Gasteiger partial charge in [-0.05, 0) is 62.1 Å². The Kier molecular flexibility index (Phi) is 7.45. The van der Waals surface area contributed by atoms with Crippen molar-refractivity contribution in [3.05, 3.63) is 70.1 Å². The van der Waals surface area contributed by atoms with Crippen LogP contribution in [0.25, 0.3) is 10.9 Å². The van der Waals surface area contributed by atoms with E-state index in [4.69, 9.17) is 27.9 Å². The zero-order valence-corrected chi connectivity index (χ0v) is 18.9. The maximum Gasteiger partial charge on any atom is 0.270 e.